The molecule has 0 spiro atoms. The van der Waals surface area contributed by atoms with Crippen molar-refractivity contribution in [3.8, 4) is 11.5 Å². The monoisotopic (exact) mass is 352 g/mol. The summed E-state index contributed by atoms with van der Waals surface area (Å²) in [5.74, 6) is -0.145. The first kappa shape index (κ1) is 19.2. The summed E-state index contributed by atoms with van der Waals surface area (Å²) in [5.41, 5.74) is -1.97. The Balaban J connectivity index is 2.56. The molecule has 0 amide bonds. The fourth-order valence-electron chi connectivity index (χ4n) is 3.23. The lowest BCUT2D eigenvalue weighted by Gasteiger charge is -2.37. The topological polar surface area (TPSA) is 40.5 Å². The van der Waals surface area contributed by atoms with E-state index in [0.29, 0.717) is 6.42 Å². The van der Waals surface area contributed by atoms with E-state index in [-0.39, 0.29) is 29.0 Å². The zero-order valence-electron chi connectivity index (χ0n) is 14.2. The minimum absolute atomic E-state index is 0.0727. The number of rotatable bonds is 7. The van der Waals surface area contributed by atoms with Gasteiger partial charge in [-0.3, -0.25) is 0 Å². The minimum Gasteiger partial charge on any atom is -0.508 e. The van der Waals surface area contributed by atoms with E-state index >= 15 is 0 Å². The van der Waals surface area contributed by atoms with E-state index in [2.05, 4.69) is 0 Å². The fraction of sp³-hybridized carbons (Fsp3) is 0.400. The standard InChI is InChI=1S/C20H23F3O2/c1-2-3-4-5-14-19(20(21,22)23,15-6-10-17(24)11-7-15)16-8-12-18(25)13-9-16/h6-13,24-25H,2-5,14H2,1H3. The maximum absolute atomic E-state index is 14.3. The van der Waals surface area contributed by atoms with Crippen molar-refractivity contribution in [2.75, 3.05) is 0 Å². The SMILES string of the molecule is CCCCCCC(c1ccc(O)cc1)(c1ccc(O)cc1)C(F)(F)F. The maximum atomic E-state index is 14.3. The fourth-order valence-corrected chi connectivity index (χ4v) is 3.23. The number of unbranched alkanes of at least 4 members (excludes halogenated alkanes) is 3. The van der Waals surface area contributed by atoms with Gasteiger partial charge in [-0.05, 0) is 41.8 Å². The first-order chi connectivity index (χ1) is 11.8. The maximum Gasteiger partial charge on any atom is 0.402 e. The van der Waals surface area contributed by atoms with Crippen LogP contribution in [0.2, 0.25) is 0 Å². The van der Waals surface area contributed by atoms with Crippen molar-refractivity contribution in [2.24, 2.45) is 0 Å². The smallest absolute Gasteiger partial charge is 0.402 e. The van der Waals surface area contributed by atoms with Gasteiger partial charge in [0.05, 0.1) is 0 Å². The molecule has 0 saturated heterocycles. The number of aromatic hydroxyl groups is 2. The Kier molecular flexibility index (Phi) is 5.98. The summed E-state index contributed by atoms with van der Waals surface area (Å²) in [5, 5.41) is 18.9. The van der Waals surface area contributed by atoms with Crippen molar-refractivity contribution < 1.29 is 23.4 Å². The zero-order valence-corrected chi connectivity index (χ0v) is 14.2. The van der Waals surface area contributed by atoms with Crippen LogP contribution in [-0.2, 0) is 5.41 Å². The van der Waals surface area contributed by atoms with Crippen LogP contribution < -0.4 is 0 Å². The highest BCUT2D eigenvalue weighted by atomic mass is 19.4. The van der Waals surface area contributed by atoms with Gasteiger partial charge in [0.2, 0.25) is 0 Å². The summed E-state index contributed by atoms with van der Waals surface area (Å²) in [6.07, 6.45) is -1.59. The molecule has 25 heavy (non-hydrogen) atoms. The second-order valence-corrected chi connectivity index (χ2v) is 6.31. The van der Waals surface area contributed by atoms with Crippen LogP contribution in [0.1, 0.15) is 50.2 Å². The summed E-state index contributed by atoms with van der Waals surface area (Å²) >= 11 is 0. The first-order valence-corrected chi connectivity index (χ1v) is 8.47. The zero-order chi connectivity index (χ0) is 18.5. The largest absolute Gasteiger partial charge is 0.508 e. The Morgan fingerprint density at radius 3 is 1.52 bits per heavy atom. The van der Waals surface area contributed by atoms with Crippen LogP contribution in [0.15, 0.2) is 48.5 Å². The molecule has 2 N–H and O–H groups in total. The van der Waals surface area contributed by atoms with Gasteiger partial charge in [-0.2, -0.15) is 13.2 Å². The van der Waals surface area contributed by atoms with E-state index in [9.17, 15) is 23.4 Å². The number of phenols is 2. The second-order valence-electron chi connectivity index (χ2n) is 6.31. The van der Waals surface area contributed by atoms with Crippen LogP contribution >= 0.6 is 0 Å². The molecule has 2 nitrogen and oxygen atoms in total. The summed E-state index contributed by atoms with van der Waals surface area (Å²) in [6, 6.07) is 10.4. The molecular formula is C20H23F3O2. The molecule has 0 fully saturated rings. The van der Waals surface area contributed by atoms with Crippen molar-refractivity contribution in [1.82, 2.24) is 0 Å². The molecule has 0 bridgehead atoms. The molecule has 0 radical (unpaired) electrons. The molecule has 2 aromatic rings. The molecule has 0 aromatic heterocycles. The van der Waals surface area contributed by atoms with Crippen LogP contribution in [0.3, 0.4) is 0 Å². The summed E-state index contributed by atoms with van der Waals surface area (Å²) in [4.78, 5) is 0. The third-order valence-corrected chi connectivity index (χ3v) is 4.61. The lowest BCUT2D eigenvalue weighted by atomic mass is 9.70. The molecule has 0 saturated carbocycles. The van der Waals surface area contributed by atoms with Crippen LogP contribution in [0.5, 0.6) is 11.5 Å². The molecule has 5 heteroatoms. The Hall–Kier alpha value is -2.17. The van der Waals surface area contributed by atoms with Gasteiger partial charge in [0.1, 0.15) is 16.9 Å². The van der Waals surface area contributed by atoms with E-state index in [1.165, 1.54) is 48.5 Å². The first-order valence-electron chi connectivity index (χ1n) is 8.47. The third-order valence-electron chi connectivity index (χ3n) is 4.61. The Labute approximate surface area is 145 Å². The normalized spacial score (nSPS) is 12.3. The number of benzene rings is 2. The number of hydrogen-bond donors (Lipinski definition) is 2. The molecular weight excluding hydrogens is 329 g/mol. The molecule has 0 heterocycles. The van der Waals surface area contributed by atoms with Gasteiger partial charge in [-0.25, -0.2) is 0 Å². The molecule has 0 aliphatic carbocycles. The second kappa shape index (κ2) is 7.81. The highest BCUT2D eigenvalue weighted by Crippen LogP contribution is 2.50. The number of alkyl halides is 3. The quantitative estimate of drug-likeness (QED) is 0.608. The number of hydrogen-bond acceptors (Lipinski definition) is 2. The molecule has 0 aliphatic heterocycles. The van der Waals surface area contributed by atoms with Crippen LogP contribution in [0.4, 0.5) is 13.2 Å². The van der Waals surface area contributed by atoms with Gasteiger partial charge >= 0.3 is 6.18 Å². The molecule has 0 atom stereocenters. The highest BCUT2D eigenvalue weighted by molar-refractivity contribution is 5.44. The molecule has 2 aromatic carbocycles. The van der Waals surface area contributed by atoms with E-state index in [1.54, 1.807) is 0 Å². The summed E-state index contributed by atoms with van der Waals surface area (Å²) in [6.45, 7) is 2.01. The highest BCUT2D eigenvalue weighted by Gasteiger charge is 2.56. The minimum atomic E-state index is -4.51. The lowest BCUT2D eigenvalue weighted by Crippen LogP contribution is -2.43. The van der Waals surface area contributed by atoms with Gasteiger partial charge in [0.15, 0.2) is 0 Å². The predicted octanol–water partition coefficient (Wildman–Crippen LogP) is 5.92. The van der Waals surface area contributed by atoms with Crippen LogP contribution in [0.25, 0.3) is 0 Å². The molecule has 2 rings (SSSR count). The summed E-state index contributed by atoms with van der Waals surface area (Å²) < 4.78 is 43.0. The van der Waals surface area contributed by atoms with Gasteiger partial charge in [0, 0.05) is 0 Å². The van der Waals surface area contributed by atoms with Crippen LogP contribution in [-0.4, -0.2) is 16.4 Å². The Bertz CT molecular complexity index is 615. The van der Waals surface area contributed by atoms with Crippen molar-refractivity contribution in [2.45, 2.75) is 50.6 Å². The summed E-state index contributed by atoms with van der Waals surface area (Å²) in [7, 11) is 0. The van der Waals surface area contributed by atoms with Crippen molar-refractivity contribution >= 4 is 0 Å². The van der Waals surface area contributed by atoms with E-state index in [4.69, 9.17) is 0 Å². The Morgan fingerprint density at radius 1 is 0.720 bits per heavy atom. The average molecular weight is 352 g/mol. The van der Waals surface area contributed by atoms with Crippen molar-refractivity contribution in [3.63, 3.8) is 0 Å². The Morgan fingerprint density at radius 2 is 1.16 bits per heavy atom. The van der Waals surface area contributed by atoms with E-state index < -0.39 is 11.6 Å². The molecule has 0 aliphatic rings. The number of phenolic OH excluding ortho intramolecular Hbond substituents is 2. The van der Waals surface area contributed by atoms with Gasteiger partial charge < -0.3 is 10.2 Å². The van der Waals surface area contributed by atoms with Gasteiger partial charge in [0.25, 0.3) is 0 Å². The lowest BCUT2D eigenvalue weighted by molar-refractivity contribution is -0.180. The predicted molar refractivity (Wildman–Crippen MR) is 91.8 cm³/mol. The van der Waals surface area contributed by atoms with Gasteiger partial charge in [-0.1, -0.05) is 56.9 Å². The average Bonchev–Trinajstić information content (AvgIpc) is 2.56. The van der Waals surface area contributed by atoms with Crippen molar-refractivity contribution in [3.05, 3.63) is 59.7 Å². The number of halogens is 3. The van der Waals surface area contributed by atoms with E-state index in [0.717, 1.165) is 19.3 Å². The van der Waals surface area contributed by atoms with Crippen LogP contribution in [0, 0.1) is 0 Å². The third kappa shape index (κ3) is 4.09. The van der Waals surface area contributed by atoms with E-state index in [1.807, 2.05) is 6.92 Å². The van der Waals surface area contributed by atoms with Gasteiger partial charge in [-0.15, -0.1) is 0 Å². The van der Waals surface area contributed by atoms with Crippen molar-refractivity contribution in [1.29, 1.82) is 0 Å². The molecule has 136 valence electrons. The molecule has 0 unspecified atom stereocenters.